The first-order chi connectivity index (χ1) is 9.04. The monoisotopic (exact) mass is 280 g/mol. The Kier molecular flexibility index (Phi) is 4.74. The summed E-state index contributed by atoms with van der Waals surface area (Å²) in [6.45, 7) is 4.71. The van der Waals surface area contributed by atoms with Gasteiger partial charge in [0, 0.05) is 11.3 Å². The number of carbonyl (C=O) groups excluding carboxylic acids is 1. The van der Waals surface area contributed by atoms with Gasteiger partial charge in [-0.25, -0.2) is 4.98 Å². The molecule has 3 nitrogen and oxygen atoms in total. The maximum absolute atomic E-state index is 12.3. The van der Waals surface area contributed by atoms with Gasteiger partial charge in [0.1, 0.15) is 10.8 Å². The van der Waals surface area contributed by atoms with E-state index in [-0.39, 0.29) is 5.41 Å². The van der Waals surface area contributed by atoms with Gasteiger partial charge in [-0.1, -0.05) is 19.3 Å². The van der Waals surface area contributed by atoms with Gasteiger partial charge in [0.05, 0.1) is 12.1 Å². The van der Waals surface area contributed by atoms with E-state index in [1.165, 1.54) is 24.1 Å². The van der Waals surface area contributed by atoms with Gasteiger partial charge in [-0.3, -0.25) is 4.79 Å². The average Bonchev–Trinajstić information content (AvgIpc) is 2.69. The van der Waals surface area contributed by atoms with E-state index in [0.29, 0.717) is 25.2 Å². The van der Waals surface area contributed by atoms with Gasteiger partial charge in [-0.15, -0.1) is 11.3 Å². The first-order valence-electron chi connectivity index (χ1n) is 7.19. The molecule has 0 spiro atoms. The molecule has 1 aromatic heterocycles. The van der Waals surface area contributed by atoms with Crippen molar-refractivity contribution in [3.63, 3.8) is 0 Å². The van der Waals surface area contributed by atoms with Crippen LogP contribution in [-0.4, -0.2) is 17.3 Å². The summed E-state index contributed by atoms with van der Waals surface area (Å²) in [7, 11) is 0. The fourth-order valence-electron chi connectivity index (χ4n) is 3.02. The fraction of sp³-hybridized carbons (Fsp3) is 0.733. The molecule has 0 atom stereocenters. The van der Waals surface area contributed by atoms with E-state index in [1.807, 2.05) is 6.92 Å². The lowest BCUT2D eigenvalue weighted by Crippen LogP contribution is -2.35. The smallest absolute Gasteiger partial charge is 0.140 e. The van der Waals surface area contributed by atoms with Crippen LogP contribution in [-0.2, 0) is 11.2 Å². The zero-order chi connectivity index (χ0) is 13.9. The third kappa shape index (κ3) is 3.63. The molecule has 0 radical (unpaired) electrons. The zero-order valence-corrected chi connectivity index (χ0v) is 12.8. The molecule has 1 aromatic rings. The van der Waals surface area contributed by atoms with Crippen molar-refractivity contribution in [2.75, 3.05) is 6.54 Å². The molecular weight excluding hydrogens is 256 g/mol. The molecule has 0 amide bonds. The minimum atomic E-state index is 0.0800. The van der Waals surface area contributed by atoms with E-state index < -0.39 is 0 Å². The number of hydrogen-bond acceptors (Lipinski definition) is 4. The predicted octanol–water partition coefficient (Wildman–Crippen LogP) is 3.17. The lowest BCUT2D eigenvalue weighted by molar-refractivity contribution is -0.121. The Morgan fingerprint density at radius 2 is 2.00 bits per heavy atom. The minimum absolute atomic E-state index is 0.0800. The van der Waals surface area contributed by atoms with Crippen LogP contribution >= 0.6 is 11.3 Å². The summed E-state index contributed by atoms with van der Waals surface area (Å²) in [5.41, 5.74) is 7.08. The topological polar surface area (TPSA) is 56.0 Å². The van der Waals surface area contributed by atoms with E-state index in [4.69, 9.17) is 5.73 Å². The summed E-state index contributed by atoms with van der Waals surface area (Å²) < 4.78 is 0. The maximum Gasteiger partial charge on any atom is 0.140 e. The van der Waals surface area contributed by atoms with Crippen LogP contribution in [0.25, 0.3) is 0 Å². The molecule has 2 rings (SSSR count). The number of nitrogens with zero attached hydrogens (tertiary/aromatic N) is 1. The number of carbonyl (C=O) groups is 1. The average molecular weight is 280 g/mol. The van der Waals surface area contributed by atoms with Crippen molar-refractivity contribution in [2.24, 2.45) is 11.1 Å². The van der Waals surface area contributed by atoms with Gasteiger partial charge >= 0.3 is 0 Å². The Bertz CT molecular complexity index is 427. The quantitative estimate of drug-likeness (QED) is 0.901. The predicted molar refractivity (Wildman–Crippen MR) is 79.5 cm³/mol. The highest BCUT2D eigenvalue weighted by atomic mass is 32.1. The number of aromatic nitrogens is 1. The number of thiazole rings is 1. The summed E-state index contributed by atoms with van der Waals surface area (Å²) in [6, 6.07) is 0. The fourth-order valence-corrected chi connectivity index (χ4v) is 3.98. The van der Waals surface area contributed by atoms with Crippen LogP contribution in [0.2, 0.25) is 0 Å². The highest BCUT2D eigenvalue weighted by Crippen LogP contribution is 2.38. The Balaban J connectivity index is 1.96. The van der Waals surface area contributed by atoms with Crippen LogP contribution in [0.5, 0.6) is 0 Å². The van der Waals surface area contributed by atoms with Crippen LogP contribution in [0.1, 0.15) is 54.1 Å². The van der Waals surface area contributed by atoms with E-state index in [2.05, 4.69) is 11.9 Å². The molecule has 1 fully saturated rings. The second-order valence-corrected chi connectivity index (χ2v) is 7.19. The molecule has 0 aromatic carbocycles. The van der Waals surface area contributed by atoms with Gasteiger partial charge in [0.2, 0.25) is 0 Å². The molecule has 1 heterocycles. The van der Waals surface area contributed by atoms with Gasteiger partial charge in [-0.05, 0) is 38.6 Å². The molecular formula is C15H24N2OS. The molecule has 0 aliphatic heterocycles. The first kappa shape index (κ1) is 14.7. The third-order valence-corrected chi connectivity index (χ3v) is 5.41. The van der Waals surface area contributed by atoms with Crippen molar-refractivity contribution < 1.29 is 4.79 Å². The second kappa shape index (κ2) is 6.14. The van der Waals surface area contributed by atoms with Gasteiger partial charge in [-0.2, -0.15) is 0 Å². The maximum atomic E-state index is 12.3. The van der Waals surface area contributed by atoms with E-state index >= 15 is 0 Å². The lowest BCUT2D eigenvalue weighted by Gasteiger charge is -2.35. The van der Waals surface area contributed by atoms with Crippen LogP contribution in [0.3, 0.4) is 0 Å². The van der Waals surface area contributed by atoms with Gasteiger partial charge in [0.15, 0.2) is 0 Å². The van der Waals surface area contributed by atoms with Crippen molar-refractivity contribution in [2.45, 2.75) is 58.8 Å². The number of Topliss-reactive ketones (excluding diaryl/α,β-unsaturated/α-hetero) is 1. The highest BCUT2D eigenvalue weighted by Gasteiger charge is 2.32. The van der Waals surface area contributed by atoms with Gasteiger partial charge in [0.25, 0.3) is 0 Å². The summed E-state index contributed by atoms with van der Waals surface area (Å²) >= 11 is 1.65. The molecule has 0 unspecified atom stereocenters. The summed E-state index contributed by atoms with van der Waals surface area (Å²) in [5.74, 6) is 0.307. The van der Waals surface area contributed by atoms with Crippen molar-refractivity contribution in [3.8, 4) is 0 Å². The van der Waals surface area contributed by atoms with Crippen molar-refractivity contribution >= 4 is 17.1 Å². The molecule has 1 aliphatic carbocycles. The molecule has 0 saturated heterocycles. The van der Waals surface area contributed by atoms with Crippen LogP contribution in [0, 0.1) is 19.3 Å². The number of aryl methyl sites for hydroxylation is 2. The van der Waals surface area contributed by atoms with E-state index in [0.717, 1.165) is 23.5 Å². The number of hydrogen-bond donors (Lipinski definition) is 1. The van der Waals surface area contributed by atoms with E-state index in [1.54, 1.807) is 11.3 Å². The molecule has 106 valence electrons. The Labute approximate surface area is 119 Å². The molecule has 1 saturated carbocycles. The lowest BCUT2D eigenvalue weighted by atomic mass is 9.71. The number of ketones is 1. The third-order valence-electron chi connectivity index (χ3n) is 4.34. The molecule has 19 heavy (non-hydrogen) atoms. The molecule has 2 N–H and O–H groups in total. The number of nitrogens with two attached hydrogens (primary N) is 1. The van der Waals surface area contributed by atoms with E-state index in [9.17, 15) is 4.79 Å². The second-order valence-electron chi connectivity index (χ2n) is 5.91. The number of rotatable bonds is 5. The molecule has 1 aliphatic rings. The minimum Gasteiger partial charge on any atom is -0.330 e. The Hall–Kier alpha value is -0.740. The van der Waals surface area contributed by atoms with Crippen LogP contribution in [0.15, 0.2) is 0 Å². The zero-order valence-electron chi connectivity index (χ0n) is 12.0. The summed E-state index contributed by atoms with van der Waals surface area (Å²) in [4.78, 5) is 18.0. The highest BCUT2D eigenvalue weighted by molar-refractivity contribution is 7.11. The van der Waals surface area contributed by atoms with Gasteiger partial charge < -0.3 is 5.73 Å². The normalized spacial score (nSPS) is 18.5. The van der Waals surface area contributed by atoms with Crippen LogP contribution in [0.4, 0.5) is 0 Å². The Morgan fingerprint density at radius 3 is 2.53 bits per heavy atom. The first-order valence-corrected chi connectivity index (χ1v) is 8.01. The van der Waals surface area contributed by atoms with Crippen molar-refractivity contribution in [3.05, 3.63) is 15.6 Å². The van der Waals surface area contributed by atoms with Crippen LogP contribution < -0.4 is 5.73 Å². The standard InChI is InChI=1S/C15H24N2OS/c1-11-12(2)19-14(17-11)8-13(18)9-15(10-16)6-4-3-5-7-15/h3-10,16H2,1-2H3. The largest absolute Gasteiger partial charge is 0.330 e. The van der Waals surface area contributed by atoms with Crippen molar-refractivity contribution in [1.82, 2.24) is 4.98 Å². The van der Waals surface area contributed by atoms with Crippen molar-refractivity contribution in [1.29, 1.82) is 0 Å². The Morgan fingerprint density at radius 1 is 1.32 bits per heavy atom. The SMILES string of the molecule is Cc1nc(CC(=O)CC2(CN)CCCCC2)sc1C. The molecule has 4 heteroatoms. The summed E-state index contributed by atoms with van der Waals surface area (Å²) in [5, 5.41) is 0.961. The molecule has 0 bridgehead atoms. The summed E-state index contributed by atoms with van der Waals surface area (Å²) in [6.07, 6.45) is 7.10.